The Morgan fingerprint density at radius 3 is 2.40 bits per heavy atom. The largest absolute Gasteiger partial charge is 0.488 e. The van der Waals surface area contributed by atoms with Gasteiger partial charge in [0.05, 0.1) is 10.1 Å². The lowest BCUT2D eigenvalue weighted by molar-refractivity contribution is -0.123. The van der Waals surface area contributed by atoms with Crippen LogP contribution in [-0.4, -0.2) is 16.8 Å². The molecule has 0 spiro atoms. The van der Waals surface area contributed by atoms with Crippen LogP contribution in [0.25, 0.3) is 16.8 Å². The summed E-state index contributed by atoms with van der Waals surface area (Å²) in [5.41, 5.74) is 4.21. The first-order chi connectivity index (χ1) is 17.0. The summed E-state index contributed by atoms with van der Waals surface area (Å²) in [6.45, 7) is 2.70. The lowest BCUT2D eigenvalue weighted by Crippen LogP contribution is -2.30. The minimum Gasteiger partial charge on any atom is -0.488 e. The maximum Gasteiger partial charge on any atom is 0.329 e. The third-order valence-electron chi connectivity index (χ3n) is 5.90. The number of nitrogens with one attached hydrogen (secondary N) is 1. The van der Waals surface area contributed by atoms with Crippen LogP contribution in [0.5, 0.6) is 5.75 Å². The Morgan fingerprint density at radius 1 is 0.886 bits per heavy atom. The molecule has 1 heterocycles. The molecule has 1 N–H and O–H groups in total. The standard InChI is InChI=1S/C29H23IN2O3/c1-19-6-8-20(9-7-19)17-32-28(33)26(31-29(32)34)16-21-11-13-27(25(30)15-21)35-18-22-10-12-23-4-2-3-5-24(23)14-22/h2-16H,17-18H2,1H3,(H,31,34)/b26-16+. The van der Waals surface area contributed by atoms with Crippen molar-refractivity contribution in [1.82, 2.24) is 10.2 Å². The van der Waals surface area contributed by atoms with E-state index in [0.717, 1.165) is 31.6 Å². The average Bonchev–Trinajstić information content (AvgIpc) is 3.12. The van der Waals surface area contributed by atoms with Crippen molar-refractivity contribution in [3.05, 3.63) is 116 Å². The quantitative estimate of drug-likeness (QED) is 0.164. The average molecular weight is 574 g/mol. The van der Waals surface area contributed by atoms with Crippen LogP contribution in [0, 0.1) is 10.5 Å². The highest BCUT2D eigenvalue weighted by atomic mass is 127. The number of carbonyl (C=O) groups excluding carboxylic acids is 2. The van der Waals surface area contributed by atoms with E-state index in [-0.39, 0.29) is 18.1 Å². The number of carbonyl (C=O) groups is 2. The number of nitrogens with zero attached hydrogens (tertiary/aromatic N) is 1. The zero-order chi connectivity index (χ0) is 24.4. The highest BCUT2D eigenvalue weighted by molar-refractivity contribution is 14.1. The molecule has 1 aliphatic heterocycles. The van der Waals surface area contributed by atoms with E-state index in [4.69, 9.17) is 4.74 Å². The number of imide groups is 1. The van der Waals surface area contributed by atoms with E-state index in [9.17, 15) is 9.59 Å². The number of urea groups is 1. The summed E-state index contributed by atoms with van der Waals surface area (Å²) in [5, 5.41) is 5.08. The lowest BCUT2D eigenvalue weighted by atomic mass is 10.1. The summed E-state index contributed by atoms with van der Waals surface area (Å²) in [7, 11) is 0. The predicted molar refractivity (Wildman–Crippen MR) is 146 cm³/mol. The molecule has 3 amide bonds. The highest BCUT2D eigenvalue weighted by Gasteiger charge is 2.33. The van der Waals surface area contributed by atoms with Gasteiger partial charge in [-0.05, 0) is 81.3 Å². The van der Waals surface area contributed by atoms with E-state index in [1.807, 2.05) is 61.5 Å². The minimum absolute atomic E-state index is 0.237. The van der Waals surface area contributed by atoms with Crippen LogP contribution in [0.2, 0.25) is 0 Å². The maximum absolute atomic E-state index is 12.8. The highest BCUT2D eigenvalue weighted by Crippen LogP contribution is 2.26. The Hall–Kier alpha value is -3.65. The Bertz CT molecular complexity index is 1460. The van der Waals surface area contributed by atoms with Crippen LogP contribution in [0.15, 0.2) is 90.6 Å². The van der Waals surface area contributed by atoms with Gasteiger partial charge in [0.25, 0.3) is 5.91 Å². The molecular weight excluding hydrogens is 551 g/mol. The second-order valence-electron chi connectivity index (χ2n) is 8.53. The van der Waals surface area contributed by atoms with E-state index < -0.39 is 6.03 Å². The fraction of sp³-hybridized carbons (Fsp3) is 0.103. The van der Waals surface area contributed by atoms with Gasteiger partial charge in [-0.1, -0.05) is 72.3 Å². The van der Waals surface area contributed by atoms with Crippen LogP contribution in [0.1, 0.15) is 22.3 Å². The summed E-state index contributed by atoms with van der Waals surface area (Å²) in [6.07, 6.45) is 1.70. The van der Waals surface area contributed by atoms with E-state index >= 15 is 0 Å². The molecular formula is C29H23IN2O3. The molecule has 35 heavy (non-hydrogen) atoms. The van der Waals surface area contributed by atoms with Crippen LogP contribution in [-0.2, 0) is 17.9 Å². The molecule has 0 saturated carbocycles. The topological polar surface area (TPSA) is 58.6 Å². The number of rotatable bonds is 6. The third kappa shape index (κ3) is 5.22. The van der Waals surface area contributed by atoms with Crippen molar-refractivity contribution in [3.63, 3.8) is 0 Å². The predicted octanol–water partition coefficient (Wildman–Crippen LogP) is 6.42. The van der Waals surface area contributed by atoms with E-state index in [1.165, 1.54) is 15.7 Å². The molecule has 1 aliphatic rings. The Morgan fingerprint density at radius 2 is 1.63 bits per heavy atom. The molecule has 1 fully saturated rings. The van der Waals surface area contributed by atoms with Crippen LogP contribution < -0.4 is 10.1 Å². The van der Waals surface area contributed by atoms with Gasteiger partial charge >= 0.3 is 6.03 Å². The number of ether oxygens (including phenoxy) is 1. The monoisotopic (exact) mass is 574 g/mol. The fourth-order valence-corrected chi connectivity index (χ4v) is 4.67. The molecule has 6 heteroatoms. The van der Waals surface area contributed by atoms with Gasteiger partial charge in [-0.25, -0.2) is 4.79 Å². The molecule has 4 aromatic carbocycles. The summed E-state index contributed by atoms with van der Waals surface area (Å²) in [5.74, 6) is 0.436. The molecule has 5 rings (SSSR count). The molecule has 1 saturated heterocycles. The summed E-state index contributed by atoms with van der Waals surface area (Å²) < 4.78 is 6.98. The molecule has 0 aromatic heterocycles. The Balaban J connectivity index is 1.27. The minimum atomic E-state index is -0.410. The van der Waals surface area contributed by atoms with E-state index in [2.05, 4.69) is 58.2 Å². The van der Waals surface area contributed by atoms with Crippen molar-refractivity contribution in [2.75, 3.05) is 0 Å². The van der Waals surface area contributed by atoms with E-state index in [0.29, 0.717) is 6.61 Å². The number of amides is 3. The number of hydrogen-bond donors (Lipinski definition) is 1. The van der Waals surface area contributed by atoms with E-state index in [1.54, 1.807) is 6.08 Å². The van der Waals surface area contributed by atoms with Gasteiger partial charge in [-0.3, -0.25) is 9.69 Å². The number of fused-ring (bicyclic) bond motifs is 1. The maximum atomic E-state index is 12.8. The lowest BCUT2D eigenvalue weighted by Gasteiger charge is -2.12. The molecule has 5 nitrogen and oxygen atoms in total. The van der Waals surface area contributed by atoms with Crippen molar-refractivity contribution in [1.29, 1.82) is 0 Å². The Labute approximate surface area is 217 Å². The van der Waals surface area contributed by atoms with Crippen molar-refractivity contribution in [3.8, 4) is 5.75 Å². The molecule has 0 bridgehead atoms. The van der Waals surface area contributed by atoms with Crippen LogP contribution in [0.3, 0.4) is 0 Å². The van der Waals surface area contributed by atoms with Gasteiger partial charge in [-0.15, -0.1) is 0 Å². The number of aryl methyl sites for hydroxylation is 1. The zero-order valence-corrected chi connectivity index (χ0v) is 21.3. The summed E-state index contributed by atoms with van der Waals surface area (Å²) in [6, 6.07) is 27.6. The van der Waals surface area contributed by atoms with Crippen molar-refractivity contribution in [2.24, 2.45) is 0 Å². The van der Waals surface area contributed by atoms with Gasteiger partial charge < -0.3 is 10.1 Å². The third-order valence-corrected chi connectivity index (χ3v) is 6.74. The van der Waals surface area contributed by atoms with Crippen LogP contribution in [0.4, 0.5) is 4.79 Å². The summed E-state index contributed by atoms with van der Waals surface area (Å²) in [4.78, 5) is 26.5. The second kappa shape index (κ2) is 9.92. The van der Waals surface area contributed by atoms with Crippen molar-refractivity contribution >= 4 is 51.4 Å². The summed E-state index contributed by atoms with van der Waals surface area (Å²) >= 11 is 2.22. The first-order valence-corrected chi connectivity index (χ1v) is 12.3. The second-order valence-corrected chi connectivity index (χ2v) is 9.69. The van der Waals surface area contributed by atoms with Crippen molar-refractivity contribution in [2.45, 2.75) is 20.1 Å². The van der Waals surface area contributed by atoms with Gasteiger partial charge in [0.1, 0.15) is 18.1 Å². The van der Waals surface area contributed by atoms with Gasteiger partial charge in [0.2, 0.25) is 0 Å². The molecule has 0 radical (unpaired) electrons. The van der Waals surface area contributed by atoms with Gasteiger partial charge in [0, 0.05) is 0 Å². The molecule has 0 atom stereocenters. The Kier molecular flexibility index (Phi) is 6.55. The fourth-order valence-electron chi connectivity index (χ4n) is 3.97. The molecule has 0 unspecified atom stereocenters. The first kappa shape index (κ1) is 23.1. The zero-order valence-electron chi connectivity index (χ0n) is 19.1. The number of benzene rings is 4. The van der Waals surface area contributed by atoms with Crippen LogP contribution >= 0.6 is 22.6 Å². The molecule has 174 valence electrons. The number of halogens is 1. The SMILES string of the molecule is Cc1ccc(CN2C(=O)N/C(=C/c3ccc(OCc4ccc5ccccc5c4)c(I)c3)C2=O)cc1. The van der Waals surface area contributed by atoms with Gasteiger partial charge in [0.15, 0.2) is 0 Å². The molecule has 4 aromatic rings. The van der Waals surface area contributed by atoms with Crippen molar-refractivity contribution < 1.29 is 14.3 Å². The first-order valence-electron chi connectivity index (χ1n) is 11.3. The normalized spacial score (nSPS) is 14.6. The number of hydrogen-bond acceptors (Lipinski definition) is 3. The smallest absolute Gasteiger partial charge is 0.329 e. The molecule has 0 aliphatic carbocycles. The van der Waals surface area contributed by atoms with Gasteiger partial charge in [-0.2, -0.15) is 0 Å².